The van der Waals surface area contributed by atoms with Crippen LogP contribution in [0.15, 0.2) is 53.4 Å². The maximum Gasteiger partial charge on any atom is 0.264 e. The minimum absolute atomic E-state index is 0.0835. The normalized spacial score (nSPS) is 11.1. The van der Waals surface area contributed by atoms with Gasteiger partial charge in [-0.1, -0.05) is 18.2 Å². The summed E-state index contributed by atoms with van der Waals surface area (Å²) in [4.78, 5) is 12.4. The molecule has 0 radical (unpaired) electrons. The Balaban J connectivity index is 2.55. The van der Waals surface area contributed by atoms with Gasteiger partial charge < -0.3 is 14.8 Å². The van der Waals surface area contributed by atoms with Gasteiger partial charge >= 0.3 is 0 Å². The number of benzene rings is 2. The van der Waals surface area contributed by atoms with Crippen LogP contribution in [0, 0.1) is 0 Å². The predicted molar refractivity (Wildman–Crippen MR) is 104 cm³/mol. The van der Waals surface area contributed by atoms with Gasteiger partial charge in [0.15, 0.2) is 0 Å². The molecule has 0 saturated heterocycles. The summed E-state index contributed by atoms with van der Waals surface area (Å²) < 4.78 is 38.0. The Labute approximate surface area is 160 Å². The molecule has 0 aliphatic carbocycles. The summed E-state index contributed by atoms with van der Waals surface area (Å²) in [5.74, 6) is 0.382. The van der Waals surface area contributed by atoms with Gasteiger partial charge in [-0.2, -0.15) is 0 Å². The van der Waals surface area contributed by atoms with Crippen LogP contribution in [0.5, 0.6) is 11.5 Å². The molecule has 7 nitrogen and oxygen atoms in total. The number of carbonyl (C=O) groups excluding carboxylic acids is 1. The van der Waals surface area contributed by atoms with Crippen molar-refractivity contribution in [1.82, 2.24) is 5.32 Å². The number of amides is 1. The van der Waals surface area contributed by atoms with Crippen LogP contribution in [0.4, 0.5) is 5.69 Å². The molecule has 1 N–H and O–H groups in total. The minimum atomic E-state index is -3.99. The third kappa shape index (κ3) is 4.91. The van der Waals surface area contributed by atoms with Gasteiger partial charge in [0.2, 0.25) is 5.91 Å². The van der Waals surface area contributed by atoms with E-state index < -0.39 is 15.9 Å². The molecule has 2 rings (SSSR count). The summed E-state index contributed by atoms with van der Waals surface area (Å²) in [6.07, 6.45) is 0. The molecule has 0 spiro atoms. The van der Waals surface area contributed by atoms with Gasteiger partial charge in [-0.25, -0.2) is 8.42 Å². The molecular formula is C19H24N2O5S. The maximum atomic E-state index is 13.2. The number of nitrogens with zero attached hydrogens (tertiary/aromatic N) is 1. The molecule has 2 aromatic carbocycles. The van der Waals surface area contributed by atoms with E-state index in [-0.39, 0.29) is 28.9 Å². The monoisotopic (exact) mass is 392 g/mol. The third-order valence-corrected chi connectivity index (χ3v) is 5.50. The van der Waals surface area contributed by atoms with E-state index in [4.69, 9.17) is 9.47 Å². The highest BCUT2D eigenvalue weighted by molar-refractivity contribution is 7.92. The van der Waals surface area contributed by atoms with E-state index in [9.17, 15) is 13.2 Å². The zero-order valence-corrected chi connectivity index (χ0v) is 16.6. The Hall–Kier alpha value is -2.74. The zero-order chi connectivity index (χ0) is 20.0. The van der Waals surface area contributed by atoms with Crippen LogP contribution in [0.3, 0.4) is 0 Å². The molecule has 0 saturated carbocycles. The number of methoxy groups -OCH3 is 2. The Morgan fingerprint density at radius 3 is 2.30 bits per heavy atom. The van der Waals surface area contributed by atoms with Crippen molar-refractivity contribution in [2.75, 3.05) is 25.1 Å². The van der Waals surface area contributed by atoms with Gasteiger partial charge in [0.25, 0.3) is 10.0 Å². The highest BCUT2D eigenvalue weighted by atomic mass is 32.2. The zero-order valence-electron chi connectivity index (χ0n) is 15.8. The fourth-order valence-electron chi connectivity index (χ4n) is 2.51. The molecule has 0 fully saturated rings. The number of rotatable bonds is 8. The lowest BCUT2D eigenvalue weighted by Crippen LogP contribution is -2.43. The first-order valence-electron chi connectivity index (χ1n) is 8.38. The van der Waals surface area contributed by atoms with Crippen LogP contribution in [-0.4, -0.2) is 41.1 Å². The number of hydrogen-bond acceptors (Lipinski definition) is 5. The summed E-state index contributed by atoms with van der Waals surface area (Å²) in [6, 6.07) is 12.6. The minimum Gasteiger partial charge on any atom is -0.497 e. The van der Waals surface area contributed by atoms with Crippen molar-refractivity contribution in [2.45, 2.75) is 24.8 Å². The smallest absolute Gasteiger partial charge is 0.264 e. The Kier molecular flexibility index (Phi) is 6.68. The molecule has 0 bridgehead atoms. The SMILES string of the molecule is COc1ccc(N(CC(=O)NC(C)C)S(=O)(=O)c2ccccc2)c(OC)c1. The van der Waals surface area contributed by atoms with Crippen molar-refractivity contribution in [3.8, 4) is 11.5 Å². The molecule has 2 aromatic rings. The number of hydrogen-bond donors (Lipinski definition) is 1. The summed E-state index contributed by atoms with van der Waals surface area (Å²) in [5.41, 5.74) is 0.251. The number of anilines is 1. The van der Waals surface area contributed by atoms with Crippen LogP contribution in [0.1, 0.15) is 13.8 Å². The molecule has 146 valence electrons. The fourth-order valence-corrected chi connectivity index (χ4v) is 3.96. The van der Waals surface area contributed by atoms with Crippen molar-refractivity contribution >= 4 is 21.6 Å². The quantitative estimate of drug-likeness (QED) is 0.746. The first kappa shape index (κ1) is 20.6. The van der Waals surface area contributed by atoms with E-state index in [2.05, 4.69) is 5.32 Å². The van der Waals surface area contributed by atoms with Crippen LogP contribution in [0.2, 0.25) is 0 Å². The lowest BCUT2D eigenvalue weighted by atomic mass is 10.2. The van der Waals surface area contributed by atoms with Crippen LogP contribution in [0.25, 0.3) is 0 Å². The van der Waals surface area contributed by atoms with Gasteiger partial charge in [0, 0.05) is 12.1 Å². The average Bonchev–Trinajstić information content (AvgIpc) is 2.65. The van der Waals surface area contributed by atoms with E-state index in [0.717, 1.165) is 4.31 Å². The Morgan fingerprint density at radius 2 is 1.74 bits per heavy atom. The molecule has 0 aliphatic heterocycles. The molecule has 0 aliphatic rings. The van der Waals surface area contributed by atoms with E-state index in [1.807, 2.05) is 13.8 Å². The standard InChI is InChI=1S/C19H24N2O5S/c1-14(2)20-19(22)13-21(27(23,24)16-8-6-5-7-9-16)17-11-10-15(25-3)12-18(17)26-4/h5-12,14H,13H2,1-4H3,(H,20,22). The summed E-state index contributed by atoms with van der Waals surface area (Å²) in [6.45, 7) is 3.24. The second-order valence-electron chi connectivity index (χ2n) is 6.08. The van der Waals surface area contributed by atoms with Gasteiger partial charge in [-0.15, -0.1) is 0 Å². The lowest BCUT2D eigenvalue weighted by molar-refractivity contribution is -0.120. The number of ether oxygens (including phenoxy) is 2. The first-order valence-corrected chi connectivity index (χ1v) is 9.82. The summed E-state index contributed by atoms with van der Waals surface area (Å²) in [5, 5.41) is 2.72. The molecule has 1 amide bonds. The Bertz CT molecular complexity index is 882. The number of sulfonamides is 1. The first-order chi connectivity index (χ1) is 12.8. The molecule has 0 unspecified atom stereocenters. The highest BCUT2D eigenvalue weighted by Crippen LogP contribution is 2.35. The highest BCUT2D eigenvalue weighted by Gasteiger charge is 2.29. The molecule has 0 heterocycles. The van der Waals surface area contributed by atoms with E-state index >= 15 is 0 Å². The topological polar surface area (TPSA) is 84.9 Å². The predicted octanol–water partition coefficient (Wildman–Crippen LogP) is 2.42. The van der Waals surface area contributed by atoms with Gasteiger partial charge in [-0.3, -0.25) is 9.10 Å². The molecule has 8 heteroatoms. The number of carbonyl (C=O) groups is 1. The molecule has 0 atom stereocenters. The molecule has 0 aromatic heterocycles. The lowest BCUT2D eigenvalue weighted by Gasteiger charge is -2.26. The summed E-state index contributed by atoms with van der Waals surface area (Å²) >= 11 is 0. The fraction of sp³-hybridized carbons (Fsp3) is 0.316. The van der Waals surface area contributed by atoms with Crippen molar-refractivity contribution in [2.24, 2.45) is 0 Å². The van der Waals surface area contributed by atoms with Crippen molar-refractivity contribution in [3.05, 3.63) is 48.5 Å². The van der Waals surface area contributed by atoms with Crippen molar-refractivity contribution in [3.63, 3.8) is 0 Å². The second-order valence-corrected chi connectivity index (χ2v) is 7.95. The number of nitrogens with one attached hydrogen (secondary N) is 1. The van der Waals surface area contributed by atoms with Gasteiger partial charge in [0.1, 0.15) is 18.0 Å². The van der Waals surface area contributed by atoms with Gasteiger partial charge in [-0.05, 0) is 38.1 Å². The van der Waals surface area contributed by atoms with Crippen LogP contribution < -0.4 is 19.1 Å². The molecular weight excluding hydrogens is 368 g/mol. The second kappa shape index (κ2) is 8.77. The average molecular weight is 392 g/mol. The van der Waals surface area contributed by atoms with Crippen molar-refractivity contribution in [1.29, 1.82) is 0 Å². The largest absolute Gasteiger partial charge is 0.497 e. The molecule has 27 heavy (non-hydrogen) atoms. The van der Waals surface area contributed by atoms with E-state index in [1.54, 1.807) is 36.4 Å². The van der Waals surface area contributed by atoms with E-state index in [0.29, 0.717) is 5.75 Å². The van der Waals surface area contributed by atoms with Gasteiger partial charge in [0.05, 0.1) is 24.8 Å². The van der Waals surface area contributed by atoms with E-state index in [1.165, 1.54) is 26.4 Å². The maximum absolute atomic E-state index is 13.2. The van der Waals surface area contributed by atoms with Crippen molar-refractivity contribution < 1.29 is 22.7 Å². The summed E-state index contributed by atoms with van der Waals surface area (Å²) in [7, 11) is -1.05. The Morgan fingerprint density at radius 1 is 1.07 bits per heavy atom. The third-order valence-electron chi connectivity index (χ3n) is 3.72. The van der Waals surface area contributed by atoms with Crippen LogP contribution >= 0.6 is 0 Å². The van der Waals surface area contributed by atoms with Crippen LogP contribution in [-0.2, 0) is 14.8 Å².